The lowest BCUT2D eigenvalue weighted by Crippen LogP contribution is -2.54. The van der Waals surface area contributed by atoms with Gasteiger partial charge in [-0.1, -0.05) is 53.9 Å². The van der Waals surface area contributed by atoms with E-state index in [0.717, 1.165) is 54.8 Å². The Labute approximate surface area is 186 Å². The highest BCUT2D eigenvalue weighted by Gasteiger charge is 2.60. The highest BCUT2D eigenvalue weighted by atomic mass is 16.4. The van der Waals surface area contributed by atoms with Crippen molar-refractivity contribution in [2.75, 3.05) is 0 Å². The number of carboxylic acid groups (broad SMARTS) is 1. The van der Waals surface area contributed by atoms with Crippen LogP contribution < -0.4 is 0 Å². The van der Waals surface area contributed by atoms with Gasteiger partial charge in [-0.05, 0) is 110 Å². The van der Waals surface area contributed by atoms with Crippen LogP contribution in [0.4, 0.5) is 0 Å². The van der Waals surface area contributed by atoms with Crippen LogP contribution in [0.2, 0.25) is 0 Å². The SMILES string of the molecule is CC(C)CCC[C@@H](C)[C@H]1CCC2C3CC[C@H]4C[C@@H](C(=O)O)CC[C@]4(C)C3CC[C@@]21C. The molecule has 3 unspecified atom stereocenters. The molecule has 0 aromatic rings. The van der Waals surface area contributed by atoms with E-state index in [4.69, 9.17) is 0 Å². The molecule has 4 saturated carbocycles. The van der Waals surface area contributed by atoms with E-state index in [0.29, 0.717) is 16.7 Å². The maximum absolute atomic E-state index is 11.6. The van der Waals surface area contributed by atoms with Crippen molar-refractivity contribution >= 4 is 5.97 Å². The maximum Gasteiger partial charge on any atom is 0.306 e. The largest absolute Gasteiger partial charge is 0.481 e. The molecule has 0 radical (unpaired) electrons. The minimum absolute atomic E-state index is 0.0731. The van der Waals surface area contributed by atoms with E-state index in [1.807, 2.05) is 0 Å². The van der Waals surface area contributed by atoms with Crippen LogP contribution in [-0.2, 0) is 4.79 Å². The van der Waals surface area contributed by atoms with Crippen LogP contribution >= 0.6 is 0 Å². The molecule has 4 fully saturated rings. The highest BCUT2D eigenvalue weighted by Crippen LogP contribution is 2.68. The van der Waals surface area contributed by atoms with Crippen molar-refractivity contribution in [2.45, 2.75) is 112 Å². The summed E-state index contributed by atoms with van der Waals surface area (Å²) in [6.45, 7) is 12.5. The van der Waals surface area contributed by atoms with E-state index in [9.17, 15) is 9.90 Å². The Kier molecular flexibility index (Phi) is 6.37. The summed E-state index contributed by atoms with van der Waals surface area (Å²) in [5.74, 6) is 5.41. The van der Waals surface area contributed by atoms with Crippen LogP contribution in [0, 0.1) is 58.2 Å². The molecule has 1 N–H and O–H groups in total. The van der Waals surface area contributed by atoms with Gasteiger partial charge in [0.05, 0.1) is 5.92 Å². The highest BCUT2D eigenvalue weighted by molar-refractivity contribution is 5.70. The van der Waals surface area contributed by atoms with E-state index in [1.165, 1.54) is 57.8 Å². The van der Waals surface area contributed by atoms with E-state index in [-0.39, 0.29) is 5.92 Å². The molecule has 30 heavy (non-hydrogen) atoms. The number of hydrogen-bond acceptors (Lipinski definition) is 1. The number of fused-ring (bicyclic) bond motifs is 5. The van der Waals surface area contributed by atoms with E-state index < -0.39 is 5.97 Å². The van der Waals surface area contributed by atoms with Crippen molar-refractivity contribution < 1.29 is 9.90 Å². The predicted octanol–water partition coefficient (Wildman–Crippen LogP) is 7.81. The molecule has 0 aromatic carbocycles. The quantitative estimate of drug-likeness (QED) is 0.479. The van der Waals surface area contributed by atoms with Gasteiger partial charge in [-0.3, -0.25) is 4.79 Å². The first-order valence-corrected chi connectivity index (χ1v) is 13.4. The Hall–Kier alpha value is -0.530. The minimum atomic E-state index is -0.541. The topological polar surface area (TPSA) is 37.3 Å². The summed E-state index contributed by atoms with van der Waals surface area (Å²) in [4.78, 5) is 11.6. The van der Waals surface area contributed by atoms with Gasteiger partial charge in [-0.15, -0.1) is 0 Å². The second kappa shape index (κ2) is 8.43. The fourth-order valence-electron chi connectivity index (χ4n) is 9.51. The zero-order chi connectivity index (χ0) is 21.7. The third kappa shape index (κ3) is 3.77. The molecule has 2 heteroatoms. The molecule has 2 nitrogen and oxygen atoms in total. The van der Waals surface area contributed by atoms with Crippen LogP contribution in [0.15, 0.2) is 0 Å². The molecule has 4 rings (SSSR count). The van der Waals surface area contributed by atoms with Crippen molar-refractivity contribution in [1.29, 1.82) is 0 Å². The van der Waals surface area contributed by atoms with Gasteiger partial charge in [0.25, 0.3) is 0 Å². The molecular formula is C28H48O2. The Morgan fingerprint density at radius 2 is 1.60 bits per heavy atom. The molecule has 9 atom stereocenters. The Balaban J connectivity index is 1.45. The summed E-state index contributed by atoms with van der Waals surface area (Å²) < 4.78 is 0. The summed E-state index contributed by atoms with van der Waals surface area (Å²) in [5, 5.41) is 9.57. The summed E-state index contributed by atoms with van der Waals surface area (Å²) in [6, 6.07) is 0. The second-order valence-corrected chi connectivity index (χ2v) is 13.0. The summed E-state index contributed by atoms with van der Waals surface area (Å²) in [7, 11) is 0. The first kappa shape index (κ1) is 22.7. The van der Waals surface area contributed by atoms with Crippen LogP contribution in [0.3, 0.4) is 0 Å². The lowest BCUT2D eigenvalue weighted by molar-refractivity contribution is -0.152. The monoisotopic (exact) mass is 416 g/mol. The average Bonchev–Trinajstić information content (AvgIpc) is 3.04. The number of hydrogen-bond donors (Lipinski definition) is 1. The summed E-state index contributed by atoms with van der Waals surface area (Å²) in [6.07, 6.45) is 15.7. The van der Waals surface area contributed by atoms with Crippen molar-refractivity contribution in [3.8, 4) is 0 Å². The van der Waals surface area contributed by atoms with Gasteiger partial charge in [0.1, 0.15) is 0 Å². The van der Waals surface area contributed by atoms with Crippen LogP contribution in [0.25, 0.3) is 0 Å². The number of carboxylic acids is 1. The zero-order valence-electron chi connectivity index (χ0n) is 20.5. The third-order valence-corrected chi connectivity index (χ3v) is 11.2. The van der Waals surface area contributed by atoms with Crippen molar-refractivity contribution in [2.24, 2.45) is 58.2 Å². The van der Waals surface area contributed by atoms with E-state index in [1.54, 1.807) is 0 Å². The molecule has 0 saturated heterocycles. The van der Waals surface area contributed by atoms with Crippen molar-refractivity contribution in [3.05, 3.63) is 0 Å². The van der Waals surface area contributed by atoms with Crippen molar-refractivity contribution in [3.63, 3.8) is 0 Å². The zero-order valence-corrected chi connectivity index (χ0v) is 20.5. The fraction of sp³-hybridized carbons (Fsp3) is 0.964. The van der Waals surface area contributed by atoms with Gasteiger partial charge >= 0.3 is 5.97 Å². The lowest BCUT2D eigenvalue weighted by Gasteiger charge is -2.61. The molecule has 0 spiro atoms. The Morgan fingerprint density at radius 1 is 0.900 bits per heavy atom. The molecular weight excluding hydrogens is 368 g/mol. The van der Waals surface area contributed by atoms with Gasteiger partial charge in [0.2, 0.25) is 0 Å². The first-order chi connectivity index (χ1) is 14.2. The summed E-state index contributed by atoms with van der Waals surface area (Å²) >= 11 is 0. The van der Waals surface area contributed by atoms with Gasteiger partial charge in [0, 0.05) is 0 Å². The molecule has 0 amide bonds. The molecule has 4 aliphatic carbocycles. The number of rotatable bonds is 6. The smallest absolute Gasteiger partial charge is 0.306 e. The standard InChI is InChI=1S/C28H48O2/c1-18(2)7-6-8-19(3)23-11-12-24-22-10-9-21-17-20(26(29)30)13-15-27(21,4)25(22)14-16-28(23,24)5/h18-25H,6-17H2,1-5H3,(H,29,30)/t19-,20+,21+,22?,23-,24?,25?,27+,28-/m1/s1. The fourth-order valence-corrected chi connectivity index (χ4v) is 9.51. The average molecular weight is 417 g/mol. The van der Waals surface area contributed by atoms with Crippen LogP contribution in [0.1, 0.15) is 112 Å². The van der Waals surface area contributed by atoms with Gasteiger partial charge in [-0.2, -0.15) is 0 Å². The number of aliphatic carboxylic acids is 1. The predicted molar refractivity (Wildman–Crippen MR) is 124 cm³/mol. The Morgan fingerprint density at radius 3 is 2.30 bits per heavy atom. The molecule has 0 aliphatic heterocycles. The molecule has 0 heterocycles. The third-order valence-electron chi connectivity index (χ3n) is 11.2. The molecule has 0 bridgehead atoms. The first-order valence-electron chi connectivity index (χ1n) is 13.4. The maximum atomic E-state index is 11.6. The molecule has 0 aromatic heterocycles. The van der Waals surface area contributed by atoms with Crippen LogP contribution in [0.5, 0.6) is 0 Å². The van der Waals surface area contributed by atoms with Crippen LogP contribution in [-0.4, -0.2) is 11.1 Å². The summed E-state index contributed by atoms with van der Waals surface area (Å²) in [5.41, 5.74) is 0.983. The van der Waals surface area contributed by atoms with Gasteiger partial charge in [0.15, 0.2) is 0 Å². The van der Waals surface area contributed by atoms with Crippen molar-refractivity contribution in [1.82, 2.24) is 0 Å². The molecule has 4 aliphatic rings. The molecule has 172 valence electrons. The lowest BCUT2D eigenvalue weighted by atomic mass is 9.44. The Bertz CT molecular complexity index is 626. The minimum Gasteiger partial charge on any atom is -0.481 e. The van der Waals surface area contributed by atoms with E-state index in [2.05, 4.69) is 34.6 Å². The van der Waals surface area contributed by atoms with E-state index >= 15 is 0 Å². The normalized spacial score (nSPS) is 46.7. The van der Waals surface area contributed by atoms with Gasteiger partial charge in [-0.25, -0.2) is 0 Å². The second-order valence-electron chi connectivity index (χ2n) is 13.0. The number of carbonyl (C=O) groups is 1. The van der Waals surface area contributed by atoms with Gasteiger partial charge < -0.3 is 5.11 Å².